The van der Waals surface area contributed by atoms with Gasteiger partial charge >= 0.3 is 0 Å². The van der Waals surface area contributed by atoms with E-state index < -0.39 is 0 Å². The predicted molar refractivity (Wildman–Crippen MR) is 327 cm³/mol. The van der Waals surface area contributed by atoms with Crippen LogP contribution in [-0.2, 0) is 21.7 Å². The molecule has 13 rings (SSSR count). The molecule has 0 saturated heterocycles. The van der Waals surface area contributed by atoms with Crippen LogP contribution in [0.25, 0.3) is 31.3 Å². The molecule has 0 bridgehead atoms. The molecule has 1 fully saturated rings. The van der Waals surface area contributed by atoms with Crippen LogP contribution in [0.3, 0.4) is 0 Å². The van der Waals surface area contributed by atoms with E-state index in [4.69, 9.17) is 0 Å². The molecule has 8 aromatic carbocycles. The van der Waals surface area contributed by atoms with Gasteiger partial charge in [-0.15, -0.1) is 11.3 Å². The van der Waals surface area contributed by atoms with Crippen LogP contribution in [0.1, 0.15) is 135 Å². The number of anilines is 8. The summed E-state index contributed by atoms with van der Waals surface area (Å²) in [5.41, 5.74) is 24.6. The fourth-order valence-electron chi connectivity index (χ4n) is 14.3. The molecule has 2 atom stereocenters. The maximum absolute atomic E-state index is 2.85. The molecule has 4 heterocycles. The van der Waals surface area contributed by atoms with Crippen LogP contribution in [0.2, 0.25) is 0 Å². The van der Waals surface area contributed by atoms with Gasteiger partial charge in [0.1, 0.15) is 0 Å². The van der Waals surface area contributed by atoms with Gasteiger partial charge in [0.2, 0.25) is 0 Å². The van der Waals surface area contributed by atoms with Crippen molar-refractivity contribution < 1.29 is 0 Å². The van der Waals surface area contributed by atoms with Gasteiger partial charge in [-0.25, -0.2) is 0 Å². The Hall–Kier alpha value is -6.56. The molecule has 0 spiro atoms. The van der Waals surface area contributed by atoms with Gasteiger partial charge in [-0.1, -0.05) is 179 Å². The minimum Gasteiger partial charge on any atom is -0.334 e. The van der Waals surface area contributed by atoms with Crippen molar-refractivity contribution in [2.45, 2.75) is 143 Å². The standard InChI is InChI=1S/C70H72BN3S/c1-43-36-44(2)63-59(37-43)74(70(13)35-20-19-34-69(63,70)12)49-41-60-64-61(42-49)73(58-26-21-25-51-50-24-17-18-27-62(50)75-65(51)58)57-33-30-48(68(9,10)11)40-54(57)71(64)53-39-47(67(6,7)8)29-32-56(53)72(60)55-31-28-46(66(3,4)5)38-52(55)45-22-15-14-16-23-45/h14-18,21-33,36-42H,19-20,34-35H2,1-13H3. The van der Waals surface area contributed by atoms with Crippen molar-refractivity contribution in [2.24, 2.45) is 0 Å². The molecule has 5 heteroatoms. The number of aryl methyl sites for hydroxylation is 2. The largest absolute Gasteiger partial charge is 0.334 e. The summed E-state index contributed by atoms with van der Waals surface area (Å²) in [4.78, 5) is 8.25. The number of hydrogen-bond donors (Lipinski definition) is 0. The molecule has 0 amide bonds. The molecular weight excluding hydrogens is 926 g/mol. The van der Waals surface area contributed by atoms with Crippen molar-refractivity contribution in [3.8, 4) is 11.1 Å². The molecule has 3 nitrogen and oxygen atoms in total. The van der Waals surface area contributed by atoms with E-state index in [-0.39, 0.29) is 33.9 Å². The Kier molecular flexibility index (Phi) is 10.6. The topological polar surface area (TPSA) is 9.72 Å². The minimum absolute atomic E-state index is 0.0226. The average Bonchev–Trinajstić information content (AvgIpc) is 3.87. The third kappa shape index (κ3) is 7.12. The fourth-order valence-corrected chi connectivity index (χ4v) is 15.5. The molecular formula is C70H72BN3S. The van der Waals surface area contributed by atoms with Crippen molar-refractivity contribution in [3.05, 3.63) is 185 Å². The lowest BCUT2D eigenvalue weighted by Crippen LogP contribution is -2.62. The molecule has 1 aromatic heterocycles. The SMILES string of the molecule is Cc1cc(C)c2c(c1)N(c1cc3c4c(c1)N(c1cccc5c1sc1ccccc15)c1ccc(C(C)(C)C)cc1B4c1cc(C(C)(C)C)ccc1N3c1ccc(C(C)(C)C)cc1-c1ccccc1)C1(C)CCCCC21C. The first kappa shape index (κ1) is 48.1. The van der Waals surface area contributed by atoms with Gasteiger partial charge in [-0.2, -0.15) is 0 Å². The van der Waals surface area contributed by atoms with Gasteiger partial charge in [0.05, 0.1) is 21.6 Å². The summed E-state index contributed by atoms with van der Waals surface area (Å²) in [6.07, 6.45) is 4.77. The zero-order valence-corrected chi connectivity index (χ0v) is 47.4. The summed E-state index contributed by atoms with van der Waals surface area (Å²) < 4.78 is 2.64. The van der Waals surface area contributed by atoms with Crippen LogP contribution in [0.4, 0.5) is 45.5 Å². The zero-order chi connectivity index (χ0) is 52.3. The lowest BCUT2D eigenvalue weighted by atomic mass is 9.33. The summed E-state index contributed by atoms with van der Waals surface area (Å²) in [7, 11) is 0. The summed E-state index contributed by atoms with van der Waals surface area (Å²) in [6.45, 7) is 31.1. The minimum atomic E-state index is -0.153. The number of benzene rings is 8. The van der Waals surface area contributed by atoms with E-state index in [1.165, 1.54) is 146 Å². The molecule has 0 N–H and O–H groups in total. The Morgan fingerprint density at radius 1 is 0.493 bits per heavy atom. The first-order valence-corrected chi connectivity index (χ1v) is 28.6. The Morgan fingerprint density at radius 2 is 1.05 bits per heavy atom. The van der Waals surface area contributed by atoms with Gasteiger partial charge < -0.3 is 14.7 Å². The van der Waals surface area contributed by atoms with Crippen molar-refractivity contribution in [3.63, 3.8) is 0 Å². The maximum atomic E-state index is 2.85. The molecule has 376 valence electrons. The third-order valence-electron chi connectivity index (χ3n) is 18.4. The molecule has 2 unspecified atom stereocenters. The monoisotopic (exact) mass is 998 g/mol. The van der Waals surface area contributed by atoms with Gasteiger partial charge in [-0.05, 0) is 160 Å². The lowest BCUT2D eigenvalue weighted by molar-refractivity contribution is 0.194. The van der Waals surface area contributed by atoms with Gasteiger partial charge in [0.25, 0.3) is 6.71 Å². The number of rotatable bonds is 4. The molecule has 1 aliphatic carbocycles. The van der Waals surface area contributed by atoms with Crippen molar-refractivity contribution in [2.75, 3.05) is 14.7 Å². The van der Waals surface area contributed by atoms with E-state index >= 15 is 0 Å². The first-order chi connectivity index (χ1) is 35.7. The lowest BCUT2D eigenvalue weighted by Gasteiger charge is -2.51. The average molecular weight is 998 g/mol. The summed E-state index contributed by atoms with van der Waals surface area (Å²) >= 11 is 1.93. The summed E-state index contributed by atoms with van der Waals surface area (Å²) in [6, 6.07) is 59.8. The van der Waals surface area contributed by atoms with Crippen molar-refractivity contribution in [1.29, 1.82) is 0 Å². The highest BCUT2D eigenvalue weighted by molar-refractivity contribution is 7.26. The third-order valence-corrected chi connectivity index (χ3v) is 19.6. The van der Waals surface area contributed by atoms with E-state index in [1.807, 2.05) is 11.3 Å². The van der Waals surface area contributed by atoms with Crippen molar-refractivity contribution >= 4 is 100 Å². The number of fused-ring (bicyclic) bond motifs is 10. The van der Waals surface area contributed by atoms with Gasteiger partial charge in [0, 0.05) is 60.6 Å². The van der Waals surface area contributed by atoms with Crippen LogP contribution >= 0.6 is 11.3 Å². The first-order valence-electron chi connectivity index (χ1n) is 27.7. The smallest absolute Gasteiger partial charge is 0.252 e. The van der Waals surface area contributed by atoms with Crippen LogP contribution in [0, 0.1) is 13.8 Å². The van der Waals surface area contributed by atoms with Crippen molar-refractivity contribution in [1.82, 2.24) is 0 Å². The van der Waals surface area contributed by atoms with Crippen LogP contribution < -0.4 is 31.1 Å². The highest BCUT2D eigenvalue weighted by atomic mass is 32.1. The fraction of sp³-hybridized carbons (Fsp3) is 0.314. The number of nitrogens with zero attached hydrogens (tertiary/aromatic N) is 3. The van der Waals surface area contributed by atoms with Gasteiger partial charge in [-0.3, -0.25) is 0 Å². The highest BCUT2D eigenvalue weighted by Gasteiger charge is 2.59. The van der Waals surface area contributed by atoms with Crippen LogP contribution in [-0.4, -0.2) is 12.3 Å². The number of thiophene rings is 1. The Labute approximate surface area is 451 Å². The zero-order valence-electron chi connectivity index (χ0n) is 46.6. The molecule has 3 aliphatic heterocycles. The Morgan fingerprint density at radius 3 is 1.69 bits per heavy atom. The predicted octanol–water partition coefficient (Wildman–Crippen LogP) is 18.1. The van der Waals surface area contributed by atoms with Crippen LogP contribution in [0.5, 0.6) is 0 Å². The molecule has 0 radical (unpaired) electrons. The number of hydrogen-bond acceptors (Lipinski definition) is 4. The molecule has 4 aliphatic rings. The van der Waals surface area contributed by atoms with E-state index in [9.17, 15) is 0 Å². The molecule has 9 aromatic rings. The van der Waals surface area contributed by atoms with E-state index in [0.29, 0.717) is 0 Å². The quantitative estimate of drug-likeness (QED) is 0.163. The maximum Gasteiger partial charge on any atom is 0.252 e. The highest BCUT2D eigenvalue weighted by Crippen LogP contribution is 2.63. The second kappa shape index (κ2) is 16.5. The van der Waals surface area contributed by atoms with Crippen LogP contribution in [0.15, 0.2) is 152 Å². The van der Waals surface area contributed by atoms with E-state index in [1.54, 1.807) is 0 Å². The molecule has 75 heavy (non-hydrogen) atoms. The Bertz CT molecular complexity index is 3820. The summed E-state index contributed by atoms with van der Waals surface area (Å²) in [5, 5.41) is 2.63. The van der Waals surface area contributed by atoms with E-state index in [2.05, 4.69) is 256 Å². The second-order valence-electron chi connectivity index (χ2n) is 26.3. The van der Waals surface area contributed by atoms with E-state index in [0.717, 1.165) is 6.42 Å². The van der Waals surface area contributed by atoms with Gasteiger partial charge in [0.15, 0.2) is 0 Å². The molecule has 1 saturated carbocycles. The summed E-state index contributed by atoms with van der Waals surface area (Å²) in [5.74, 6) is 0. The normalized spacial score (nSPS) is 19.1. The second-order valence-corrected chi connectivity index (χ2v) is 27.3. The Balaban J connectivity index is 1.21.